The summed E-state index contributed by atoms with van der Waals surface area (Å²) in [6, 6.07) is 14.9. The van der Waals surface area contributed by atoms with Crippen LogP contribution in [-0.4, -0.2) is 4.98 Å². The molecular formula is C17H11NO3. The zero-order chi connectivity index (χ0) is 14.4. The van der Waals surface area contributed by atoms with Gasteiger partial charge < -0.3 is 8.83 Å². The Hall–Kier alpha value is -2.88. The van der Waals surface area contributed by atoms with Crippen LogP contribution in [0.2, 0.25) is 0 Å². The van der Waals surface area contributed by atoms with E-state index in [0.717, 1.165) is 22.0 Å². The van der Waals surface area contributed by atoms with Gasteiger partial charge in [0.2, 0.25) is 0 Å². The second-order valence-electron chi connectivity index (χ2n) is 4.89. The Morgan fingerprint density at radius 1 is 0.952 bits per heavy atom. The summed E-state index contributed by atoms with van der Waals surface area (Å²) in [6.45, 7) is 1.79. The molecule has 0 aliphatic rings. The molecule has 0 atom stereocenters. The number of oxazole rings is 1. The summed E-state index contributed by atoms with van der Waals surface area (Å²) in [7, 11) is 0. The third-order valence-corrected chi connectivity index (χ3v) is 3.44. The van der Waals surface area contributed by atoms with Crippen LogP contribution in [-0.2, 0) is 0 Å². The van der Waals surface area contributed by atoms with Crippen molar-refractivity contribution in [3.05, 3.63) is 64.8 Å². The Labute approximate surface area is 119 Å². The minimum atomic E-state index is -0.378. The SMILES string of the molecule is Cc1nc2cc3c(-c4ccccc4)cc(=O)oc3cc2o1. The van der Waals surface area contributed by atoms with Crippen LogP contribution >= 0.6 is 0 Å². The number of benzene rings is 2. The molecule has 0 radical (unpaired) electrons. The Morgan fingerprint density at radius 3 is 2.57 bits per heavy atom. The van der Waals surface area contributed by atoms with Crippen molar-refractivity contribution >= 4 is 22.1 Å². The lowest BCUT2D eigenvalue weighted by Gasteiger charge is -2.05. The molecule has 0 amide bonds. The van der Waals surface area contributed by atoms with Crippen molar-refractivity contribution in [2.24, 2.45) is 0 Å². The Balaban J connectivity index is 2.14. The van der Waals surface area contributed by atoms with Crippen LogP contribution in [0, 0.1) is 6.92 Å². The number of hydrogen-bond acceptors (Lipinski definition) is 4. The molecule has 2 aromatic heterocycles. The van der Waals surface area contributed by atoms with Gasteiger partial charge in [-0.3, -0.25) is 0 Å². The molecule has 2 aromatic carbocycles. The third kappa shape index (κ3) is 1.92. The fourth-order valence-corrected chi connectivity index (χ4v) is 2.56. The molecule has 0 fully saturated rings. The van der Waals surface area contributed by atoms with Gasteiger partial charge in [-0.2, -0.15) is 0 Å². The van der Waals surface area contributed by atoms with Crippen molar-refractivity contribution in [1.82, 2.24) is 4.98 Å². The normalized spacial score (nSPS) is 11.3. The molecule has 0 N–H and O–H groups in total. The van der Waals surface area contributed by atoms with Gasteiger partial charge in [-0.15, -0.1) is 0 Å². The van der Waals surface area contributed by atoms with Gasteiger partial charge in [-0.05, 0) is 17.2 Å². The maximum Gasteiger partial charge on any atom is 0.336 e. The van der Waals surface area contributed by atoms with Crippen LogP contribution in [0.4, 0.5) is 0 Å². The molecular weight excluding hydrogens is 266 g/mol. The van der Waals surface area contributed by atoms with E-state index in [4.69, 9.17) is 8.83 Å². The molecule has 0 aliphatic carbocycles. The first-order valence-electron chi connectivity index (χ1n) is 6.61. The Kier molecular flexibility index (Phi) is 2.44. The quantitative estimate of drug-likeness (QED) is 0.495. The standard InChI is InChI=1S/C17H11NO3/c1-10-18-14-7-13-12(11-5-3-2-4-6-11)8-17(19)21-15(13)9-16(14)20-10/h2-9H,1H3. The molecule has 21 heavy (non-hydrogen) atoms. The highest BCUT2D eigenvalue weighted by Gasteiger charge is 2.11. The highest BCUT2D eigenvalue weighted by Crippen LogP contribution is 2.30. The van der Waals surface area contributed by atoms with Crippen LogP contribution in [0.1, 0.15) is 5.89 Å². The van der Waals surface area contributed by atoms with E-state index < -0.39 is 0 Å². The van der Waals surface area contributed by atoms with E-state index in [1.54, 1.807) is 13.0 Å². The predicted octanol–water partition coefficient (Wildman–Crippen LogP) is 3.91. The maximum atomic E-state index is 11.8. The molecule has 0 saturated carbocycles. The summed E-state index contributed by atoms with van der Waals surface area (Å²) in [4.78, 5) is 16.1. The number of fused-ring (bicyclic) bond motifs is 2. The number of aromatic nitrogens is 1. The molecule has 4 nitrogen and oxygen atoms in total. The van der Waals surface area contributed by atoms with Gasteiger partial charge in [0.05, 0.1) is 0 Å². The van der Waals surface area contributed by atoms with Gasteiger partial charge in [0, 0.05) is 24.4 Å². The van der Waals surface area contributed by atoms with Crippen molar-refractivity contribution in [3.63, 3.8) is 0 Å². The molecule has 0 saturated heterocycles. The Morgan fingerprint density at radius 2 is 1.76 bits per heavy atom. The number of hydrogen-bond donors (Lipinski definition) is 0. The summed E-state index contributed by atoms with van der Waals surface area (Å²) >= 11 is 0. The van der Waals surface area contributed by atoms with Crippen molar-refractivity contribution in [2.45, 2.75) is 6.92 Å². The second kappa shape index (κ2) is 4.31. The minimum Gasteiger partial charge on any atom is -0.441 e. The fourth-order valence-electron chi connectivity index (χ4n) is 2.56. The van der Waals surface area contributed by atoms with Gasteiger partial charge in [-0.25, -0.2) is 9.78 Å². The van der Waals surface area contributed by atoms with Crippen LogP contribution in [0.25, 0.3) is 33.2 Å². The largest absolute Gasteiger partial charge is 0.441 e. The minimum absolute atomic E-state index is 0.378. The highest BCUT2D eigenvalue weighted by atomic mass is 16.4. The van der Waals surface area contributed by atoms with Crippen LogP contribution in [0.15, 0.2) is 62.2 Å². The van der Waals surface area contributed by atoms with E-state index in [1.165, 1.54) is 6.07 Å². The average molecular weight is 277 g/mol. The lowest BCUT2D eigenvalue weighted by atomic mass is 10.0. The van der Waals surface area contributed by atoms with Crippen LogP contribution < -0.4 is 5.63 Å². The van der Waals surface area contributed by atoms with Gasteiger partial charge in [-0.1, -0.05) is 30.3 Å². The van der Waals surface area contributed by atoms with E-state index in [-0.39, 0.29) is 5.63 Å². The monoisotopic (exact) mass is 277 g/mol. The van der Waals surface area contributed by atoms with Crippen molar-refractivity contribution < 1.29 is 8.83 Å². The van der Waals surface area contributed by atoms with E-state index in [9.17, 15) is 4.79 Å². The van der Waals surface area contributed by atoms with Crippen LogP contribution in [0.3, 0.4) is 0 Å². The molecule has 0 spiro atoms. The molecule has 4 heteroatoms. The lowest BCUT2D eigenvalue weighted by Crippen LogP contribution is -1.98. The summed E-state index contributed by atoms with van der Waals surface area (Å²) in [5.41, 5.74) is 3.31. The first-order valence-corrected chi connectivity index (χ1v) is 6.61. The molecule has 4 aromatic rings. The smallest absolute Gasteiger partial charge is 0.336 e. The lowest BCUT2D eigenvalue weighted by molar-refractivity contribution is 0.551. The second-order valence-corrected chi connectivity index (χ2v) is 4.89. The van der Waals surface area contributed by atoms with E-state index in [0.29, 0.717) is 17.1 Å². The average Bonchev–Trinajstić information content (AvgIpc) is 2.84. The third-order valence-electron chi connectivity index (χ3n) is 3.44. The van der Waals surface area contributed by atoms with Gasteiger partial charge in [0.25, 0.3) is 0 Å². The topological polar surface area (TPSA) is 56.2 Å². The van der Waals surface area contributed by atoms with Crippen molar-refractivity contribution in [3.8, 4) is 11.1 Å². The molecule has 0 aliphatic heterocycles. The molecule has 0 unspecified atom stereocenters. The van der Waals surface area contributed by atoms with Crippen LogP contribution in [0.5, 0.6) is 0 Å². The molecule has 0 bridgehead atoms. The maximum absolute atomic E-state index is 11.8. The van der Waals surface area contributed by atoms with E-state index in [1.807, 2.05) is 36.4 Å². The van der Waals surface area contributed by atoms with Gasteiger partial charge >= 0.3 is 5.63 Å². The number of aryl methyl sites for hydroxylation is 1. The summed E-state index contributed by atoms with van der Waals surface area (Å²) < 4.78 is 10.8. The highest BCUT2D eigenvalue weighted by molar-refractivity contribution is 5.99. The number of nitrogens with zero attached hydrogens (tertiary/aromatic N) is 1. The van der Waals surface area contributed by atoms with E-state index in [2.05, 4.69) is 4.98 Å². The Bertz CT molecular complexity index is 1010. The summed E-state index contributed by atoms with van der Waals surface area (Å²) in [6.07, 6.45) is 0. The first-order chi connectivity index (χ1) is 10.2. The summed E-state index contributed by atoms with van der Waals surface area (Å²) in [5.74, 6) is 0.587. The molecule has 4 rings (SSSR count). The van der Waals surface area contributed by atoms with Crippen molar-refractivity contribution in [1.29, 1.82) is 0 Å². The zero-order valence-electron chi connectivity index (χ0n) is 11.3. The van der Waals surface area contributed by atoms with E-state index >= 15 is 0 Å². The first kappa shape index (κ1) is 11.9. The zero-order valence-corrected chi connectivity index (χ0v) is 11.3. The fraction of sp³-hybridized carbons (Fsp3) is 0.0588. The van der Waals surface area contributed by atoms with Gasteiger partial charge in [0.15, 0.2) is 11.5 Å². The summed E-state index contributed by atoms with van der Waals surface area (Å²) in [5, 5.41) is 0.849. The van der Waals surface area contributed by atoms with Gasteiger partial charge in [0.1, 0.15) is 11.1 Å². The number of rotatable bonds is 1. The molecule has 2 heterocycles. The predicted molar refractivity (Wildman–Crippen MR) is 80.2 cm³/mol. The van der Waals surface area contributed by atoms with Crippen molar-refractivity contribution in [2.75, 3.05) is 0 Å². The molecule has 102 valence electrons.